The first-order chi connectivity index (χ1) is 14.1. The number of anilines is 1. The maximum absolute atomic E-state index is 13.1. The van der Waals surface area contributed by atoms with Gasteiger partial charge >= 0.3 is 0 Å². The highest BCUT2D eigenvalue weighted by Crippen LogP contribution is 2.65. The summed E-state index contributed by atoms with van der Waals surface area (Å²) in [5, 5.41) is 1.86. The molecule has 1 aromatic carbocycles. The van der Waals surface area contributed by atoms with E-state index in [1.165, 1.54) is 16.2 Å². The second-order valence-corrected chi connectivity index (χ2v) is 9.30. The van der Waals surface area contributed by atoms with Gasteiger partial charge in [0.15, 0.2) is 6.61 Å². The molecule has 1 saturated heterocycles. The lowest BCUT2D eigenvalue weighted by Gasteiger charge is -2.37. The number of ketones is 1. The molecular formula is C23H19NO4S. The molecule has 2 bridgehead atoms. The maximum Gasteiger partial charge on any atom is 0.238 e. The Balaban J connectivity index is 1.19. The Morgan fingerprint density at radius 1 is 1.00 bits per heavy atom. The summed E-state index contributed by atoms with van der Waals surface area (Å²) < 4.78 is 5.58. The molecule has 3 fully saturated rings. The van der Waals surface area contributed by atoms with E-state index >= 15 is 0 Å². The number of imide groups is 1. The first-order valence-electron chi connectivity index (χ1n) is 9.99. The van der Waals surface area contributed by atoms with Gasteiger partial charge < -0.3 is 4.74 Å². The predicted octanol–water partition coefficient (Wildman–Crippen LogP) is 3.57. The van der Waals surface area contributed by atoms with Crippen LogP contribution in [0.4, 0.5) is 5.69 Å². The average molecular weight is 405 g/mol. The van der Waals surface area contributed by atoms with Crippen LogP contribution in [-0.4, -0.2) is 24.2 Å². The Labute approximate surface area is 172 Å². The quantitative estimate of drug-likeness (QED) is 0.433. The van der Waals surface area contributed by atoms with Crippen molar-refractivity contribution in [2.45, 2.75) is 6.42 Å². The number of hydrogen-bond donors (Lipinski definition) is 0. The zero-order valence-electron chi connectivity index (χ0n) is 15.6. The Morgan fingerprint density at radius 2 is 1.66 bits per heavy atom. The Morgan fingerprint density at radius 3 is 2.24 bits per heavy atom. The Hall–Kier alpha value is -2.73. The fraction of sp³-hybridized carbons (Fsp3) is 0.348. The molecule has 1 aromatic heterocycles. The van der Waals surface area contributed by atoms with Crippen LogP contribution < -0.4 is 9.64 Å². The van der Waals surface area contributed by atoms with Crippen molar-refractivity contribution in [3.8, 4) is 5.75 Å². The van der Waals surface area contributed by atoms with Crippen LogP contribution >= 0.6 is 11.3 Å². The number of amides is 2. The van der Waals surface area contributed by atoms with Crippen molar-refractivity contribution in [1.29, 1.82) is 0 Å². The summed E-state index contributed by atoms with van der Waals surface area (Å²) in [7, 11) is 0. The van der Waals surface area contributed by atoms with Crippen LogP contribution in [0.1, 0.15) is 16.1 Å². The van der Waals surface area contributed by atoms with E-state index in [-0.39, 0.29) is 47.9 Å². The van der Waals surface area contributed by atoms with Crippen LogP contribution in [0.2, 0.25) is 0 Å². The summed E-state index contributed by atoms with van der Waals surface area (Å²) in [6, 6.07) is 10.5. The lowest BCUT2D eigenvalue weighted by Crippen LogP contribution is -2.40. The van der Waals surface area contributed by atoms with Gasteiger partial charge in [0, 0.05) is 0 Å². The molecule has 6 unspecified atom stereocenters. The van der Waals surface area contributed by atoms with Crippen molar-refractivity contribution in [3.63, 3.8) is 0 Å². The van der Waals surface area contributed by atoms with Crippen LogP contribution in [0.5, 0.6) is 5.75 Å². The van der Waals surface area contributed by atoms with Crippen molar-refractivity contribution in [1.82, 2.24) is 0 Å². The minimum absolute atomic E-state index is 0.0383. The lowest BCUT2D eigenvalue weighted by molar-refractivity contribution is -0.124. The maximum atomic E-state index is 13.1. The number of carbonyl (C=O) groups excluding carboxylic acids is 3. The normalized spacial score (nSPS) is 33.6. The molecule has 6 heteroatoms. The SMILES string of the molecule is O=C(COc1ccc(N2C(=O)C3C4C=CC(C5CC45)C3C2=O)cc1)c1cccs1. The molecule has 1 aliphatic heterocycles. The molecule has 2 heterocycles. The van der Waals surface area contributed by atoms with E-state index < -0.39 is 0 Å². The first-order valence-corrected chi connectivity index (χ1v) is 10.9. The van der Waals surface area contributed by atoms with Crippen LogP contribution in [0, 0.1) is 35.5 Å². The van der Waals surface area contributed by atoms with Crippen molar-refractivity contribution >= 4 is 34.6 Å². The van der Waals surface area contributed by atoms with Gasteiger partial charge in [-0.15, -0.1) is 11.3 Å². The van der Waals surface area contributed by atoms with Gasteiger partial charge in [-0.1, -0.05) is 18.2 Å². The van der Waals surface area contributed by atoms with Crippen molar-refractivity contribution in [3.05, 3.63) is 58.8 Å². The highest BCUT2D eigenvalue weighted by atomic mass is 32.1. The average Bonchev–Trinajstić information content (AvgIpc) is 3.31. The molecule has 0 N–H and O–H groups in total. The summed E-state index contributed by atoms with van der Waals surface area (Å²) in [6.07, 6.45) is 5.51. The summed E-state index contributed by atoms with van der Waals surface area (Å²) in [5.74, 6) is 1.60. The van der Waals surface area contributed by atoms with Gasteiger partial charge in [0.05, 0.1) is 22.4 Å². The number of hydrogen-bond acceptors (Lipinski definition) is 5. The lowest BCUT2D eigenvalue weighted by atomic mass is 9.63. The Kier molecular flexibility index (Phi) is 3.63. The Bertz CT molecular complexity index is 1010. The molecule has 2 saturated carbocycles. The number of allylic oxidation sites excluding steroid dienone is 2. The number of carbonyl (C=O) groups is 3. The standard InChI is InChI=1S/C23H19NO4S/c25-18(19-2-1-9-29-19)11-28-13-5-3-12(4-6-13)24-22(26)20-14-7-8-15(17-10-16(14)17)21(20)23(24)27/h1-9,14-17,20-21H,10-11H2. The van der Waals surface area contributed by atoms with Gasteiger partial charge in [-0.25, -0.2) is 0 Å². The molecule has 29 heavy (non-hydrogen) atoms. The highest BCUT2D eigenvalue weighted by Gasteiger charge is 2.67. The topological polar surface area (TPSA) is 63.7 Å². The third-order valence-corrected chi connectivity index (χ3v) is 7.83. The highest BCUT2D eigenvalue weighted by molar-refractivity contribution is 7.12. The van der Waals surface area contributed by atoms with E-state index in [0.717, 1.165) is 6.42 Å². The molecule has 2 aromatic rings. The minimum atomic E-state index is -0.194. The van der Waals surface area contributed by atoms with Gasteiger partial charge in [0.2, 0.25) is 17.6 Å². The zero-order chi connectivity index (χ0) is 19.7. The van der Waals surface area contributed by atoms with Crippen molar-refractivity contribution in [2.24, 2.45) is 35.5 Å². The van der Waals surface area contributed by atoms with E-state index in [1.54, 1.807) is 30.3 Å². The molecular weight excluding hydrogens is 386 g/mol. The summed E-state index contributed by atoms with van der Waals surface area (Å²) in [6.45, 7) is -0.0383. The van der Waals surface area contributed by atoms with Crippen LogP contribution in [0.25, 0.3) is 0 Å². The largest absolute Gasteiger partial charge is 0.485 e. The van der Waals surface area contributed by atoms with Crippen molar-refractivity contribution < 1.29 is 19.1 Å². The smallest absolute Gasteiger partial charge is 0.238 e. The van der Waals surface area contributed by atoms with Gasteiger partial charge in [-0.05, 0) is 65.8 Å². The minimum Gasteiger partial charge on any atom is -0.485 e. The summed E-state index contributed by atoms with van der Waals surface area (Å²) >= 11 is 1.39. The fourth-order valence-corrected chi connectivity index (χ4v) is 6.21. The number of Topliss-reactive ketones (excluding diaryl/α,β-unsaturated/α-hetero) is 1. The number of benzene rings is 1. The second kappa shape index (κ2) is 6.13. The first kappa shape index (κ1) is 17.2. The zero-order valence-corrected chi connectivity index (χ0v) is 16.4. The molecule has 6 atom stereocenters. The van der Waals surface area contributed by atoms with E-state index in [1.807, 2.05) is 11.4 Å². The van der Waals surface area contributed by atoms with Gasteiger partial charge in [-0.2, -0.15) is 0 Å². The second-order valence-electron chi connectivity index (χ2n) is 8.35. The van der Waals surface area contributed by atoms with Crippen LogP contribution in [0.15, 0.2) is 53.9 Å². The third kappa shape index (κ3) is 2.48. The van der Waals surface area contributed by atoms with E-state index in [9.17, 15) is 14.4 Å². The number of rotatable bonds is 5. The molecule has 7 rings (SSSR count). The van der Waals surface area contributed by atoms with Gasteiger partial charge in [0.25, 0.3) is 0 Å². The summed E-state index contributed by atoms with van der Waals surface area (Å²) in [5.41, 5.74) is 0.583. The van der Waals surface area contributed by atoms with E-state index in [4.69, 9.17) is 4.74 Å². The molecule has 4 aliphatic carbocycles. The van der Waals surface area contributed by atoms with Crippen LogP contribution in [-0.2, 0) is 9.59 Å². The van der Waals surface area contributed by atoms with Gasteiger partial charge in [0.1, 0.15) is 5.75 Å². The molecule has 2 amide bonds. The number of nitrogens with zero attached hydrogens (tertiary/aromatic N) is 1. The summed E-state index contributed by atoms with van der Waals surface area (Å²) in [4.78, 5) is 40.4. The van der Waals surface area contributed by atoms with E-state index in [2.05, 4.69) is 12.2 Å². The van der Waals surface area contributed by atoms with Crippen LogP contribution in [0.3, 0.4) is 0 Å². The van der Waals surface area contributed by atoms with Gasteiger partial charge in [-0.3, -0.25) is 19.3 Å². The molecule has 146 valence electrons. The number of thiophene rings is 1. The van der Waals surface area contributed by atoms with E-state index in [0.29, 0.717) is 28.1 Å². The predicted molar refractivity (Wildman–Crippen MR) is 108 cm³/mol. The molecule has 0 radical (unpaired) electrons. The van der Waals surface area contributed by atoms with Crippen molar-refractivity contribution in [2.75, 3.05) is 11.5 Å². The fourth-order valence-electron chi connectivity index (χ4n) is 5.56. The molecule has 0 spiro atoms. The molecule has 5 nitrogen and oxygen atoms in total. The monoisotopic (exact) mass is 405 g/mol. The molecule has 5 aliphatic rings. The number of ether oxygens (including phenoxy) is 1. The third-order valence-electron chi connectivity index (χ3n) is 6.92.